The highest BCUT2D eigenvalue weighted by Gasteiger charge is 2.20. The van der Waals surface area contributed by atoms with Crippen molar-refractivity contribution in [3.63, 3.8) is 0 Å². The molecule has 3 rings (SSSR count). The normalized spacial score (nSPS) is 12.2. The lowest BCUT2D eigenvalue weighted by Crippen LogP contribution is -2.21. The number of carbonyl (C=O) groups is 2. The summed E-state index contributed by atoms with van der Waals surface area (Å²) in [5.74, 6) is 1.44. The monoisotopic (exact) mass is 369 g/mol. The summed E-state index contributed by atoms with van der Waals surface area (Å²) >= 11 is 0. The zero-order chi connectivity index (χ0) is 19.6. The van der Waals surface area contributed by atoms with E-state index in [0.29, 0.717) is 28.5 Å². The van der Waals surface area contributed by atoms with E-state index in [1.807, 2.05) is 25.1 Å². The molecule has 0 aliphatic carbocycles. The number of hydrogen-bond donors (Lipinski definition) is 1. The number of carbonyl (C=O) groups excluding carboxylic acids is 2. The van der Waals surface area contributed by atoms with Crippen molar-refractivity contribution < 1.29 is 23.8 Å². The van der Waals surface area contributed by atoms with Crippen LogP contribution in [0.15, 0.2) is 30.3 Å². The highest BCUT2D eigenvalue weighted by Crippen LogP contribution is 2.37. The van der Waals surface area contributed by atoms with E-state index in [4.69, 9.17) is 14.2 Å². The van der Waals surface area contributed by atoms with Gasteiger partial charge in [-0.05, 0) is 43.0 Å². The highest BCUT2D eigenvalue weighted by atomic mass is 16.7. The SMILES string of the molecule is CC(=O)c1cc2c(cc1NC(=O)COc1cc(C)ccc1C(C)C)OCO2. The number of fused-ring (bicyclic) bond motifs is 1. The number of benzene rings is 2. The molecule has 2 aromatic carbocycles. The van der Waals surface area contributed by atoms with Crippen LogP contribution in [-0.2, 0) is 4.79 Å². The molecule has 1 amide bonds. The average Bonchev–Trinajstić information content (AvgIpc) is 3.06. The maximum Gasteiger partial charge on any atom is 0.262 e. The number of ketones is 1. The van der Waals surface area contributed by atoms with Crippen LogP contribution in [0.1, 0.15) is 48.2 Å². The second-order valence-electron chi connectivity index (χ2n) is 6.84. The molecule has 0 unspecified atom stereocenters. The van der Waals surface area contributed by atoms with Gasteiger partial charge in [0.1, 0.15) is 5.75 Å². The van der Waals surface area contributed by atoms with Gasteiger partial charge in [0.2, 0.25) is 6.79 Å². The van der Waals surface area contributed by atoms with E-state index in [-0.39, 0.29) is 31.0 Å². The van der Waals surface area contributed by atoms with E-state index in [9.17, 15) is 9.59 Å². The third-order valence-corrected chi connectivity index (χ3v) is 4.32. The van der Waals surface area contributed by atoms with E-state index in [0.717, 1.165) is 11.1 Å². The lowest BCUT2D eigenvalue weighted by Gasteiger charge is -2.15. The van der Waals surface area contributed by atoms with Crippen LogP contribution >= 0.6 is 0 Å². The van der Waals surface area contributed by atoms with Crippen molar-refractivity contribution in [2.45, 2.75) is 33.6 Å². The zero-order valence-electron chi connectivity index (χ0n) is 15.9. The average molecular weight is 369 g/mol. The van der Waals surface area contributed by atoms with E-state index < -0.39 is 0 Å². The third-order valence-electron chi connectivity index (χ3n) is 4.32. The number of Topliss-reactive ketones (excluding diaryl/α,β-unsaturated/α-hetero) is 1. The second kappa shape index (κ2) is 7.70. The van der Waals surface area contributed by atoms with Gasteiger partial charge in [-0.3, -0.25) is 9.59 Å². The largest absolute Gasteiger partial charge is 0.483 e. The number of nitrogens with one attached hydrogen (secondary N) is 1. The van der Waals surface area contributed by atoms with E-state index in [1.54, 1.807) is 12.1 Å². The Labute approximate surface area is 158 Å². The van der Waals surface area contributed by atoms with Gasteiger partial charge < -0.3 is 19.5 Å². The zero-order valence-corrected chi connectivity index (χ0v) is 15.9. The van der Waals surface area contributed by atoms with Crippen molar-refractivity contribution in [1.29, 1.82) is 0 Å². The summed E-state index contributed by atoms with van der Waals surface area (Å²) in [6, 6.07) is 9.14. The van der Waals surface area contributed by atoms with Crippen LogP contribution in [0.3, 0.4) is 0 Å². The van der Waals surface area contributed by atoms with E-state index in [2.05, 4.69) is 19.2 Å². The Balaban J connectivity index is 1.74. The van der Waals surface area contributed by atoms with Crippen molar-refractivity contribution in [3.8, 4) is 17.2 Å². The molecule has 1 heterocycles. The maximum atomic E-state index is 12.4. The maximum absolute atomic E-state index is 12.4. The van der Waals surface area contributed by atoms with Crippen molar-refractivity contribution in [3.05, 3.63) is 47.0 Å². The Morgan fingerprint density at radius 1 is 1.15 bits per heavy atom. The Kier molecular flexibility index (Phi) is 5.35. The predicted octanol–water partition coefficient (Wildman–Crippen LogP) is 4.07. The minimum absolute atomic E-state index is 0.0958. The molecule has 0 aromatic heterocycles. The van der Waals surface area contributed by atoms with Crippen LogP contribution < -0.4 is 19.5 Å². The number of hydrogen-bond acceptors (Lipinski definition) is 5. The topological polar surface area (TPSA) is 73.9 Å². The first kappa shape index (κ1) is 18.8. The van der Waals surface area contributed by atoms with Crippen molar-refractivity contribution >= 4 is 17.4 Å². The molecule has 0 fully saturated rings. The lowest BCUT2D eigenvalue weighted by molar-refractivity contribution is -0.118. The van der Waals surface area contributed by atoms with Gasteiger partial charge in [0.05, 0.1) is 5.69 Å². The molecule has 6 nitrogen and oxygen atoms in total. The van der Waals surface area contributed by atoms with Gasteiger partial charge in [0.15, 0.2) is 23.9 Å². The number of rotatable bonds is 6. The van der Waals surface area contributed by atoms with Crippen LogP contribution in [0, 0.1) is 6.92 Å². The fourth-order valence-electron chi connectivity index (χ4n) is 2.91. The van der Waals surface area contributed by atoms with Crippen molar-refractivity contribution in [1.82, 2.24) is 0 Å². The van der Waals surface area contributed by atoms with Crippen LogP contribution in [0.4, 0.5) is 5.69 Å². The van der Waals surface area contributed by atoms with Gasteiger partial charge in [0, 0.05) is 11.6 Å². The quantitative estimate of drug-likeness (QED) is 0.777. The van der Waals surface area contributed by atoms with Crippen LogP contribution in [0.5, 0.6) is 17.2 Å². The lowest BCUT2D eigenvalue weighted by atomic mass is 10.0. The van der Waals surface area contributed by atoms with Crippen LogP contribution in [-0.4, -0.2) is 25.1 Å². The summed E-state index contributed by atoms with van der Waals surface area (Å²) in [5, 5.41) is 2.73. The standard InChI is InChI=1S/C21H23NO5/c1-12(2)15-6-5-13(3)7-18(15)25-10-21(24)22-17-9-20-19(26-11-27-20)8-16(17)14(4)23/h5-9,12H,10-11H2,1-4H3,(H,22,24). The van der Waals surface area contributed by atoms with Crippen LogP contribution in [0.25, 0.3) is 0 Å². The smallest absolute Gasteiger partial charge is 0.262 e. The molecule has 27 heavy (non-hydrogen) atoms. The Morgan fingerprint density at radius 2 is 1.85 bits per heavy atom. The van der Waals surface area contributed by atoms with E-state index in [1.165, 1.54) is 6.92 Å². The van der Waals surface area contributed by atoms with Crippen LogP contribution in [0.2, 0.25) is 0 Å². The Morgan fingerprint density at radius 3 is 2.52 bits per heavy atom. The molecule has 2 aromatic rings. The van der Waals surface area contributed by atoms with Gasteiger partial charge in [-0.1, -0.05) is 26.0 Å². The Hall–Kier alpha value is -3.02. The second-order valence-corrected chi connectivity index (χ2v) is 6.84. The number of anilines is 1. The summed E-state index contributed by atoms with van der Waals surface area (Å²) in [6.45, 7) is 7.49. The van der Waals surface area contributed by atoms with Gasteiger partial charge >= 0.3 is 0 Å². The predicted molar refractivity (Wildman–Crippen MR) is 102 cm³/mol. The first-order valence-electron chi connectivity index (χ1n) is 8.83. The first-order valence-corrected chi connectivity index (χ1v) is 8.83. The molecule has 6 heteroatoms. The van der Waals surface area contributed by atoms with E-state index >= 15 is 0 Å². The minimum Gasteiger partial charge on any atom is -0.483 e. The number of amides is 1. The molecule has 0 atom stereocenters. The summed E-state index contributed by atoms with van der Waals surface area (Å²) in [5.41, 5.74) is 2.85. The molecule has 1 aliphatic rings. The number of aryl methyl sites for hydroxylation is 1. The molecular weight excluding hydrogens is 346 g/mol. The number of ether oxygens (including phenoxy) is 3. The fourth-order valence-corrected chi connectivity index (χ4v) is 2.91. The summed E-state index contributed by atoms with van der Waals surface area (Å²) < 4.78 is 16.4. The third kappa shape index (κ3) is 4.22. The molecule has 1 N–H and O–H groups in total. The van der Waals surface area contributed by atoms with Gasteiger partial charge in [0.25, 0.3) is 5.91 Å². The minimum atomic E-state index is -0.354. The molecule has 0 radical (unpaired) electrons. The van der Waals surface area contributed by atoms with Gasteiger partial charge in [-0.2, -0.15) is 0 Å². The molecule has 0 spiro atoms. The van der Waals surface area contributed by atoms with Gasteiger partial charge in [-0.25, -0.2) is 0 Å². The molecule has 1 aliphatic heterocycles. The summed E-state index contributed by atoms with van der Waals surface area (Å²) in [4.78, 5) is 24.3. The first-order chi connectivity index (χ1) is 12.8. The molecule has 0 bridgehead atoms. The van der Waals surface area contributed by atoms with Gasteiger partial charge in [-0.15, -0.1) is 0 Å². The molecular formula is C21H23NO5. The molecule has 142 valence electrons. The Bertz CT molecular complexity index is 888. The summed E-state index contributed by atoms with van der Waals surface area (Å²) in [6.07, 6.45) is 0. The van der Waals surface area contributed by atoms with Crippen molar-refractivity contribution in [2.24, 2.45) is 0 Å². The highest BCUT2D eigenvalue weighted by molar-refractivity contribution is 6.04. The fraction of sp³-hybridized carbons (Fsp3) is 0.333. The summed E-state index contributed by atoms with van der Waals surface area (Å²) in [7, 11) is 0. The van der Waals surface area contributed by atoms with Crippen molar-refractivity contribution in [2.75, 3.05) is 18.7 Å². The molecule has 0 saturated heterocycles. The molecule has 0 saturated carbocycles.